The highest BCUT2D eigenvalue weighted by molar-refractivity contribution is 5.05. The minimum atomic E-state index is -0.288. The molecule has 1 atom stereocenters. The van der Waals surface area contributed by atoms with E-state index in [1.807, 2.05) is 0 Å². The van der Waals surface area contributed by atoms with Gasteiger partial charge in [-0.3, -0.25) is 14.3 Å². The summed E-state index contributed by atoms with van der Waals surface area (Å²) in [7, 11) is 3.18. The molecule has 1 aromatic rings. The van der Waals surface area contributed by atoms with Crippen LogP contribution in [-0.2, 0) is 20.6 Å². The predicted octanol–water partition coefficient (Wildman–Crippen LogP) is -0.342. The Kier molecular flexibility index (Phi) is 4.77. The number of likely N-dealkylation sites (tertiary alicyclic amines) is 1. The fraction of sp³-hybridized carbons (Fsp3) is 0.714. The maximum Gasteiger partial charge on any atom is 0.330 e. The number of aryl methyl sites for hydroxylation is 1. The molecule has 20 heavy (non-hydrogen) atoms. The molecular formula is C14H24N4O2. The molecule has 1 unspecified atom stereocenters. The lowest BCUT2D eigenvalue weighted by Crippen LogP contribution is -2.41. The molecule has 6 nitrogen and oxygen atoms in total. The number of hydrogen-bond donors (Lipinski definition) is 1. The highest BCUT2D eigenvalue weighted by Gasteiger charge is 2.17. The molecule has 0 spiro atoms. The van der Waals surface area contributed by atoms with Crippen molar-refractivity contribution >= 4 is 0 Å². The van der Waals surface area contributed by atoms with Gasteiger partial charge in [0.2, 0.25) is 0 Å². The monoisotopic (exact) mass is 280 g/mol. The molecule has 6 heteroatoms. The van der Waals surface area contributed by atoms with E-state index in [0.29, 0.717) is 18.2 Å². The minimum absolute atomic E-state index is 0.213. The van der Waals surface area contributed by atoms with Crippen LogP contribution in [0.25, 0.3) is 0 Å². The maximum absolute atomic E-state index is 12.0. The predicted molar refractivity (Wildman–Crippen MR) is 78.9 cm³/mol. The Hall–Kier alpha value is -1.40. The Morgan fingerprint density at radius 1 is 1.25 bits per heavy atom. The van der Waals surface area contributed by atoms with E-state index in [1.165, 1.54) is 37.5 Å². The number of nitrogens with one attached hydrogen (secondary N) is 1. The van der Waals surface area contributed by atoms with Gasteiger partial charge in [0, 0.05) is 45.0 Å². The zero-order valence-corrected chi connectivity index (χ0v) is 12.6. The fourth-order valence-corrected chi connectivity index (χ4v) is 2.73. The molecule has 2 rings (SSSR count). The van der Waals surface area contributed by atoms with Gasteiger partial charge in [-0.1, -0.05) is 0 Å². The lowest BCUT2D eigenvalue weighted by molar-refractivity contribution is 0.251. The van der Waals surface area contributed by atoms with Gasteiger partial charge < -0.3 is 9.88 Å². The van der Waals surface area contributed by atoms with Crippen molar-refractivity contribution in [1.29, 1.82) is 0 Å². The van der Waals surface area contributed by atoms with E-state index >= 15 is 0 Å². The summed E-state index contributed by atoms with van der Waals surface area (Å²) in [6.07, 6.45) is 4.19. The quantitative estimate of drug-likeness (QED) is 0.801. The van der Waals surface area contributed by atoms with E-state index in [1.54, 1.807) is 13.2 Å². The van der Waals surface area contributed by atoms with E-state index in [4.69, 9.17) is 0 Å². The number of hydrogen-bond acceptors (Lipinski definition) is 4. The van der Waals surface area contributed by atoms with Crippen LogP contribution in [0.2, 0.25) is 0 Å². The van der Waals surface area contributed by atoms with Gasteiger partial charge >= 0.3 is 5.69 Å². The Bertz CT molecular complexity index is 570. The molecule has 2 heterocycles. The van der Waals surface area contributed by atoms with Crippen LogP contribution in [0.1, 0.15) is 25.3 Å². The molecular weight excluding hydrogens is 256 g/mol. The highest BCUT2D eigenvalue weighted by Crippen LogP contribution is 2.10. The van der Waals surface area contributed by atoms with Gasteiger partial charge in [-0.15, -0.1) is 0 Å². The van der Waals surface area contributed by atoms with Crippen LogP contribution in [0, 0.1) is 0 Å². The molecule has 1 aromatic heterocycles. The third-order valence-corrected chi connectivity index (χ3v) is 4.04. The van der Waals surface area contributed by atoms with Gasteiger partial charge in [-0.25, -0.2) is 4.79 Å². The summed E-state index contributed by atoms with van der Waals surface area (Å²) in [5.74, 6) is 0. The average molecular weight is 280 g/mol. The molecule has 0 bridgehead atoms. The van der Waals surface area contributed by atoms with Crippen molar-refractivity contribution in [2.24, 2.45) is 14.1 Å². The summed E-state index contributed by atoms with van der Waals surface area (Å²) >= 11 is 0. The van der Waals surface area contributed by atoms with Crippen molar-refractivity contribution in [2.75, 3.05) is 19.6 Å². The van der Waals surface area contributed by atoms with E-state index in [2.05, 4.69) is 17.1 Å². The molecule has 1 aliphatic rings. The van der Waals surface area contributed by atoms with Crippen molar-refractivity contribution in [3.63, 3.8) is 0 Å². The van der Waals surface area contributed by atoms with Gasteiger partial charge in [0.15, 0.2) is 0 Å². The Labute approximate surface area is 119 Å². The van der Waals surface area contributed by atoms with Crippen LogP contribution in [0.5, 0.6) is 0 Å². The molecule has 0 aliphatic carbocycles. The van der Waals surface area contributed by atoms with Crippen LogP contribution in [-0.4, -0.2) is 39.7 Å². The van der Waals surface area contributed by atoms with Crippen LogP contribution in [0.15, 0.2) is 15.8 Å². The number of nitrogens with zero attached hydrogens (tertiary/aromatic N) is 3. The van der Waals surface area contributed by atoms with Crippen molar-refractivity contribution in [3.8, 4) is 0 Å². The molecule has 0 radical (unpaired) electrons. The van der Waals surface area contributed by atoms with E-state index in [0.717, 1.165) is 11.1 Å². The number of aromatic nitrogens is 2. The first-order chi connectivity index (χ1) is 9.50. The molecule has 1 fully saturated rings. The Morgan fingerprint density at radius 3 is 2.55 bits per heavy atom. The standard InChI is InChI=1S/C14H24N4O2/c1-11(18-6-4-5-7-18)8-15-9-12-10-16(2)14(20)17(3)13(12)19/h10-11,15H,4-9H2,1-3H3. The van der Waals surface area contributed by atoms with E-state index < -0.39 is 0 Å². The van der Waals surface area contributed by atoms with Crippen LogP contribution in [0.3, 0.4) is 0 Å². The summed E-state index contributed by atoms with van der Waals surface area (Å²) < 4.78 is 2.60. The molecule has 0 saturated carbocycles. The summed E-state index contributed by atoms with van der Waals surface area (Å²) in [4.78, 5) is 26.0. The molecule has 0 amide bonds. The minimum Gasteiger partial charge on any atom is -0.311 e. The van der Waals surface area contributed by atoms with E-state index in [-0.39, 0.29) is 11.2 Å². The first-order valence-corrected chi connectivity index (χ1v) is 7.21. The average Bonchev–Trinajstić information content (AvgIpc) is 2.96. The topological polar surface area (TPSA) is 59.3 Å². The maximum atomic E-state index is 12.0. The van der Waals surface area contributed by atoms with Gasteiger partial charge in [-0.2, -0.15) is 0 Å². The van der Waals surface area contributed by atoms with Gasteiger partial charge in [0.05, 0.1) is 0 Å². The first-order valence-electron chi connectivity index (χ1n) is 7.21. The summed E-state index contributed by atoms with van der Waals surface area (Å²) in [5, 5.41) is 3.32. The molecule has 1 saturated heterocycles. The smallest absolute Gasteiger partial charge is 0.311 e. The van der Waals surface area contributed by atoms with Gasteiger partial charge in [0.1, 0.15) is 0 Å². The van der Waals surface area contributed by atoms with Crippen molar-refractivity contribution in [3.05, 3.63) is 32.6 Å². The lowest BCUT2D eigenvalue weighted by atomic mass is 10.2. The van der Waals surface area contributed by atoms with Crippen molar-refractivity contribution in [1.82, 2.24) is 19.4 Å². The van der Waals surface area contributed by atoms with Crippen molar-refractivity contribution in [2.45, 2.75) is 32.4 Å². The normalized spacial score (nSPS) is 17.6. The summed E-state index contributed by atoms with van der Waals surface area (Å²) in [6, 6.07) is 0.480. The van der Waals surface area contributed by atoms with Crippen LogP contribution >= 0.6 is 0 Å². The fourth-order valence-electron chi connectivity index (χ4n) is 2.73. The SMILES string of the molecule is CC(CNCc1cn(C)c(=O)n(C)c1=O)N1CCCC1. The lowest BCUT2D eigenvalue weighted by Gasteiger charge is -2.23. The molecule has 1 aliphatic heterocycles. The van der Waals surface area contributed by atoms with Gasteiger partial charge in [0.25, 0.3) is 5.56 Å². The Morgan fingerprint density at radius 2 is 1.90 bits per heavy atom. The third kappa shape index (κ3) is 3.19. The Balaban J connectivity index is 1.94. The second-order valence-electron chi connectivity index (χ2n) is 5.63. The van der Waals surface area contributed by atoms with Crippen LogP contribution < -0.4 is 16.6 Å². The van der Waals surface area contributed by atoms with Gasteiger partial charge in [-0.05, 0) is 32.9 Å². The summed E-state index contributed by atoms with van der Waals surface area (Å²) in [6.45, 7) is 5.90. The molecule has 0 aromatic carbocycles. The zero-order chi connectivity index (χ0) is 14.7. The summed E-state index contributed by atoms with van der Waals surface area (Å²) in [5.41, 5.74) is 0.127. The largest absolute Gasteiger partial charge is 0.330 e. The molecule has 1 N–H and O–H groups in total. The van der Waals surface area contributed by atoms with Crippen molar-refractivity contribution < 1.29 is 0 Å². The second kappa shape index (κ2) is 6.37. The van der Waals surface area contributed by atoms with E-state index in [9.17, 15) is 9.59 Å². The zero-order valence-electron chi connectivity index (χ0n) is 12.6. The third-order valence-electron chi connectivity index (χ3n) is 4.04. The second-order valence-corrected chi connectivity index (χ2v) is 5.63. The highest BCUT2D eigenvalue weighted by atomic mass is 16.2. The first kappa shape index (κ1) is 15.0. The molecule has 112 valence electrons. The number of rotatable bonds is 5. The van der Waals surface area contributed by atoms with Crippen LogP contribution in [0.4, 0.5) is 0 Å².